The van der Waals surface area contributed by atoms with Crippen LogP contribution in [0.25, 0.3) is 11.3 Å². The molecule has 8 nitrogen and oxygen atoms in total. The van der Waals surface area contributed by atoms with Gasteiger partial charge in [-0.3, -0.25) is 4.72 Å². The summed E-state index contributed by atoms with van der Waals surface area (Å²) in [5.41, 5.74) is 1.76. The first kappa shape index (κ1) is 19.2. The quantitative estimate of drug-likeness (QED) is 0.635. The van der Waals surface area contributed by atoms with Gasteiger partial charge in [0.2, 0.25) is 0 Å². The number of nitrogens with zero attached hydrogens (tertiary/aromatic N) is 1. The van der Waals surface area contributed by atoms with E-state index in [2.05, 4.69) is 9.71 Å². The van der Waals surface area contributed by atoms with E-state index in [1.807, 2.05) is 6.07 Å². The van der Waals surface area contributed by atoms with Crippen molar-refractivity contribution in [3.05, 3.63) is 52.9 Å². The molecule has 0 saturated heterocycles. The van der Waals surface area contributed by atoms with Gasteiger partial charge in [0, 0.05) is 10.9 Å². The molecular formula is C19H16N2O6S2. The normalized spacial score (nSPS) is 13.1. The fourth-order valence-corrected chi connectivity index (χ4v) is 4.83. The fraction of sp³-hybridized carbons (Fsp3) is 0.158. The first-order valence-electron chi connectivity index (χ1n) is 8.56. The number of rotatable bonds is 5. The number of nitrogens with one attached hydrogen (secondary N) is 1. The van der Waals surface area contributed by atoms with Gasteiger partial charge in [0.1, 0.15) is 13.2 Å². The summed E-state index contributed by atoms with van der Waals surface area (Å²) in [5, 5.41) is 11.1. The molecular weight excluding hydrogens is 416 g/mol. The number of thiazole rings is 1. The smallest absolute Gasteiger partial charge is 0.335 e. The van der Waals surface area contributed by atoms with Crippen LogP contribution in [0.3, 0.4) is 0 Å². The zero-order valence-electron chi connectivity index (χ0n) is 15.2. The minimum absolute atomic E-state index is 0.0658. The van der Waals surface area contributed by atoms with E-state index >= 15 is 0 Å². The summed E-state index contributed by atoms with van der Waals surface area (Å²) in [7, 11) is -3.98. The van der Waals surface area contributed by atoms with Crippen LogP contribution in [-0.2, 0) is 10.0 Å². The van der Waals surface area contributed by atoms with Gasteiger partial charge in [0.15, 0.2) is 16.6 Å². The van der Waals surface area contributed by atoms with E-state index in [1.165, 1.54) is 12.1 Å². The van der Waals surface area contributed by atoms with Gasteiger partial charge in [-0.05, 0) is 42.8 Å². The summed E-state index contributed by atoms with van der Waals surface area (Å²) in [5.74, 6) is 0.0872. The zero-order valence-corrected chi connectivity index (χ0v) is 16.8. The van der Waals surface area contributed by atoms with Crippen molar-refractivity contribution < 1.29 is 27.8 Å². The molecule has 29 heavy (non-hydrogen) atoms. The first-order chi connectivity index (χ1) is 13.8. The molecule has 10 heteroatoms. The number of fused-ring (bicyclic) bond motifs is 1. The molecule has 0 unspecified atom stereocenters. The lowest BCUT2D eigenvalue weighted by Gasteiger charge is -2.18. The molecule has 2 heterocycles. The Hall–Kier alpha value is -3.11. The van der Waals surface area contributed by atoms with Crippen LogP contribution < -0.4 is 14.2 Å². The van der Waals surface area contributed by atoms with Crippen molar-refractivity contribution in [2.45, 2.75) is 11.8 Å². The topological polar surface area (TPSA) is 115 Å². The summed E-state index contributed by atoms with van der Waals surface area (Å²) in [6, 6.07) is 9.35. The maximum absolute atomic E-state index is 12.7. The van der Waals surface area contributed by atoms with Crippen molar-refractivity contribution in [3.63, 3.8) is 0 Å². The third kappa shape index (κ3) is 3.89. The van der Waals surface area contributed by atoms with Gasteiger partial charge in [0.25, 0.3) is 10.0 Å². The van der Waals surface area contributed by atoms with E-state index in [0.717, 1.165) is 23.0 Å². The maximum Gasteiger partial charge on any atom is 0.335 e. The summed E-state index contributed by atoms with van der Waals surface area (Å²) in [6.45, 7) is 2.57. The molecule has 0 saturated carbocycles. The number of anilines is 1. The molecule has 0 radical (unpaired) electrons. The second-order valence-corrected chi connectivity index (χ2v) is 8.82. The molecule has 0 atom stereocenters. The molecule has 0 fully saturated rings. The average Bonchev–Trinajstić information content (AvgIpc) is 3.15. The number of hydrogen-bond donors (Lipinski definition) is 2. The Kier molecular flexibility index (Phi) is 4.89. The Balaban J connectivity index is 1.59. The molecule has 0 bridgehead atoms. The van der Waals surface area contributed by atoms with Gasteiger partial charge in [-0.1, -0.05) is 6.07 Å². The van der Waals surface area contributed by atoms with Crippen molar-refractivity contribution >= 4 is 32.5 Å². The second-order valence-electron chi connectivity index (χ2n) is 6.28. The molecule has 1 aliphatic heterocycles. The van der Waals surface area contributed by atoms with Crippen LogP contribution in [0.5, 0.6) is 11.5 Å². The standard InChI is InChI=1S/C19H16N2O6S2/c1-11-2-4-13(9-14(11)18(22)23)29(24,25)21-19-20-15(10-28-19)12-3-5-16-17(8-12)27-7-6-26-16/h2-5,8-10H,6-7H2,1H3,(H,20,21)(H,22,23). The monoisotopic (exact) mass is 432 g/mol. The number of benzene rings is 2. The van der Waals surface area contributed by atoms with Crippen molar-refractivity contribution in [2.75, 3.05) is 17.9 Å². The molecule has 2 aromatic carbocycles. The Morgan fingerprint density at radius 3 is 2.66 bits per heavy atom. The van der Waals surface area contributed by atoms with Crippen LogP contribution in [0.4, 0.5) is 5.13 Å². The summed E-state index contributed by atoms with van der Waals surface area (Å²) >= 11 is 1.13. The van der Waals surface area contributed by atoms with Gasteiger partial charge in [-0.25, -0.2) is 18.2 Å². The number of aromatic carboxylic acids is 1. The van der Waals surface area contributed by atoms with E-state index in [9.17, 15) is 18.3 Å². The Labute approximate surface area is 170 Å². The average molecular weight is 432 g/mol. The lowest BCUT2D eigenvalue weighted by Crippen LogP contribution is -2.15. The number of carboxylic acid groups (broad SMARTS) is 1. The Morgan fingerprint density at radius 1 is 1.14 bits per heavy atom. The van der Waals surface area contributed by atoms with Crippen molar-refractivity contribution in [3.8, 4) is 22.8 Å². The fourth-order valence-electron chi connectivity index (χ4n) is 2.83. The largest absolute Gasteiger partial charge is 0.486 e. The Morgan fingerprint density at radius 2 is 1.90 bits per heavy atom. The summed E-state index contributed by atoms with van der Waals surface area (Å²) in [6.07, 6.45) is 0. The van der Waals surface area contributed by atoms with E-state index in [0.29, 0.717) is 36.0 Å². The van der Waals surface area contributed by atoms with Crippen molar-refractivity contribution in [2.24, 2.45) is 0 Å². The van der Waals surface area contributed by atoms with Gasteiger partial charge in [0.05, 0.1) is 16.2 Å². The van der Waals surface area contributed by atoms with Crippen molar-refractivity contribution in [1.82, 2.24) is 4.98 Å². The zero-order chi connectivity index (χ0) is 20.6. The van der Waals surface area contributed by atoms with Gasteiger partial charge < -0.3 is 14.6 Å². The van der Waals surface area contributed by atoms with E-state index in [-0.39, 0.29) is 15.6 Å². The lowest BCUT2D eigenvalue weighted by molar-refractivity contribution is 0.0696. The minimum Gasteiger partial charge on any atom is -0.486 e. The van der Waals surface area contributed by atoms with Crippen LogP contribution in [0.1, 0.15) is 15.9 Å². The highest BCUT2D eigenvalue weighted by atomic mass is 32.2. The maximum atomic E-state index is 12.7. The van der Waals surface area contributed by atoms with Gasteiger partial charge in [-0.15, -0.1) is 11.3 Å². The van der Waals surface area contributed by atoms with E-state index in [4.69, 9.17) is 9.47 Å². The van der Waals surface area contributed by atoms with Crippen LogP contribution >= 0.6 is 11.3 Å². The number of hydrogen-bond acceptors (Lipinski definition) is 7. The molecule has 3 aromatic rings. The lowest BCUT2D eigenvalue weighted by atomic mass is 10.1. The highest BCUT2D eigenvalue weighted by Gasteiger charge is 2.20. The van der Waals surface area contributed by atoms with E-state index < -0.39 is 16.0 Å². The van der Waals surface area contributed by atoms with Crippen LogP contribution in [0.15, 0.2) is 46.7 Å². The predicted molar refractivity (Wildman–Crippen MR) is 107 cm³/mol. The number of aryl methyl sites for hydroxylation is 1. The minimum atomic E-state index is -3.98. The van der Waals surface area contributed by atoms with E-state index in [1.54, 1.807) is 24.4 Å². The molecule has 1 aliphatic rings. The molecule has 2 N–H and O–H groups in total. The number of ether oxygens (including phenoxy) is 2. The molecule has 150 valence electrons. The summed E-state index contributed by atoms with van der Waals surface area (Å²) in [4.78, 5) is 15.5. The number of aromatic nitrogens is 1. The molecule has 0 aliphatic carbocycles. The van der Waals surface area contributed by atoms with Crippen LogP contribution in [0.2, 0.25) is 0 Å². The SMILES string of the molecule is Cc1ccc(S(=O)(=O)Nc2nc(-c3ccc4c(c3)OCCO4)cs2)cc1C(=O)O. The highest BCUT2D eigenvalue weighted by molar-refractivity contribution is 7.93. The second kappa shape index (κ2) is 7.37. The first-order valence-corrected chi connectivity index (χ1v) is 10.9. The van der Waals surface area contributed by atoms with Crippen LogP contribution in [-0.4, -0.2) is 37.7 Å². The Bertz CT molecular complexity index is 1200. The summed E-state index contributed by atoms with van der Waals surface area (Å²) < 4.78 is 38.8. The molecule has 4 rings (SSSR count). The molecule has 0 spiro atoms. The third-order valence-corrected chi connectivity index (χ3v) is 6.54. The van der Waals surface area contributed by atoms with Crippen molar-refractivity contribution in [1.29, 1.82) is 0 Å². The highest BCUT2D eigenvalue weighted by Crippen LogP contribution is 2.35. The van der Waals surface area contributed by atoms with Gasteiger partial charge >= 0.3 is 5.97 Å². The number of sulfonamides is 1. The predicted octanol–water partition coefficient (Wildman–Crippen LogP) is 3.39. The number of carboxylic acids is 1. The number of carbonyl (C=O) groups is 1. The van der Waals surface area contributed by atoms with Crippen LogP contribution in [0, 0.1) is 6.92 Å². The van der Waals surface area contributed by atoms with Gasteiger partial charge in [-0.2, -0.15) is 0 Å². The molecule has 0 amide bonds. The molecule has 1 aromatic heterocycles. The third-order valence-electron chi connectivity index (χ3n) is 4.31.